The number of carbonyl (C=O) groups excluding carboxylic acids is 1. The molecule has 2 rings (SSSR count). The van der Waals surface area contributed by atoms with Gasteiger partial charge in [-0.25, -0.2) is 4.79 Å². The minimum Gasteiger partial charge on any atom is -0.457 e. The summed E-state index contributed by atoms with van der Waals surface area (Å²) >= 11 is 1.44. The zero-order valence-electron chi connectivity index (χ0n) is 12.2. The normalized spacial score (nSPS) is 11.3. The minimum atomic E-state index is -0.609. The molecule has 4 nitrogen and oxygen atoms in total. The van der Waals surface area contributed by atoms with Gasteiger partial charge < -0.3 is 10.3 Å². The Bertz CT molecular complexity index is 668. The van der Waals surface area contributed by atoms with Crippen molar-refractivity contribution in [2.75, 3.05) is 6.61 Å². The molecule has 0 amide bonds. The Hall–Kier alpha value is -2.36. The highest BCUT2D eigenvalue weighted by Gasteiger charge is 2.34. The molecule has 0 saturated heterocycles. The number of hydrogen-bond acceptors (Lipinski definition) is 3. The van der Waals surface area contributed by atoms with Gasteiger partial charge >= 0.3 is 11.7 Å². The lowest BCUT2D eigenvalue weighted by Crippen LogP contribution is -2.24. The van der Waals surface area contributed by atoms with E-state index in [9.17, 15) is 10.3 Å². The monoisotopic (exact) mass is 312 g/mol. The van der Waals surface area contributed by atoms with Crippen LogP contribution in [-0.2, 0) is 9.53 Å². The summed E-state index contributed by atoms with van der Waals surface area (Å²) in [5.41, 5.74) is 10.2. The van der Waals surface area contributed by atoms with Gasteiger partial charge in [0.2, 0.25) is 0 Å². The fraction of sp³-hybridized carbons (Fsp3) is 0.176. The van der Waals surface area contributed by atoms with Gasteiger partial charge in [-0.05, 0) is 24.6 Å². The Morgan fingerprint density at radius 1 is 1.14 bits per heavy atom. The van der Waals surface area contributed by atoms with Crippen LogP contribution in [0.1, 0.15) is 17.7 Å². The lowest BCUT2D eigenvalue weighted by molar-refractivity contribution is -0.140. The molecule has 0 spiro atoms. The number of esters is 1. The first-order valence-corrected chi connectivity index (χ1v) is 7.80. The Kier molecular flexibility index (Phi) is 5.95. The Balaban J connectivity index is 2.37. The van der Waals surface area contributed by atoms with Gasteiger partial charge in [-0.2, -0.15) is 4.79 Å². The van der Waals surface area contributed by atoms with Crippen molar-refractivity contribution < 1.29 is 14.3 Å². The Labute approximate surface area is 133 Å². The molecule has 1 unspecified atom stereocenters. The van der Waals surface area contributed by atoms with E-state index in [0.29, 0.717) is 0 Å². The predicted molar refractivity (Wildman–Crippen MR) is 86.7 cm³/mol. The highest BCUT2D eigenvalue weighted by molar-refractivity contribution is 8.00. The second-order valence-electron chi connectivity index (χ2n) is 4.43. The van der Waals surface area contributed by atoms with Crippen LogP contribution < -0.4 is 0 Å². The molecule has 2 aromatic carbocycles. The SMILES string of the molecule is CCOC(=O)C(=[N+]=[N-])C(Sc1ccccc1)c1ccccc1. The van der Waals surface area contributed by atoms with Crippen LogP contribution in [0, 0.1) is 0 Å². The Morgan fingerprint density at radius 2 is 1.73 bits per heavy atom. The van der Waals surface area contributed by atoms with Crippen molar-refractivity contribution in [1.29, 1.82) is 0 Å². The average molecular weight is 312 g/mol. The number of nitrogens with zero attached hydrogens (tertiary/aromatic N) is 2. The second kappa shape index (κ2) is 8.17. The van der Waals surface area contributed by atoms with E-state index in [2.05, 4.69) is 4.79 Å². The Morgan fingerprint density at radius 3 is 2.27 bits per heavy atom. The molecule has 0 heterocycles. The molecule has 5 heteroatoms. The van der Waals surface area contributed by atoms with E-state index in [4.69, 9.17) is 4.74 Å². The van der Waals surface area contributed by atoms with Crippen LogP contribution in [0.25, 0.3) is 5.53 Å². The molecule has 112 valence electrons. The molecule has 0 N–H and O–H groups in total. The van der Waals surface area contributed by atoms with Crippen molar-refractivity contribution in [1.82, 2.24) is 0 Å². The topological polar surface area (TPSA) is 62.7 Å². The maximum Gasteiger partial charge on any atom is 0.418 e. The van der Waals surface area contributed by atoms with Crippen molar-refractivity contribution in [3.63, 3.8) is 0 Å². The summed E-state index contributed by atoms with van der Waals surface area (Å²) in [6.45, 7) is 1.95. The van der Waals surface area contributed by atoms with E-state index in [-0.39, 0.29) is 12.3 Å². The molecule has 2 aromatic rings. The van der Waals surface area contributed by atoms with Crippen molar-refractivity contribution in [3.8, 4) is 0 Å². The molecule has 1 atom stereocenters. The van der Waals surface area contributed by atoms with E-state index >= 15 is 0 Å². The zero-order chi connectivity index (χ0) is 15.8. The smallest absolute Gasteiger partial charge is 0.418 e. The molecule has 22 heavy (non-hydrogen) atoms. The van der Waals surface area contributed by atoms with Crippen molar-refractivity contribution in [3.05, 3.63) is 71.8 Å². The molecule has 0 aromatic heterocycles. The predicted octanol–water partition coefficient (Wildman–Crippen LogP) is 3.75. The van der Waals surface area contributed by atoms with Gasteiger partial charge in [0.1, 0.15) is 5.25 Å². The molecule has 0 aliphatic rings. The third kappa shape index (κ3) is 4.07. The fourth-order valence-electron chi connectivity index (χ4n) is 1.95. The number of ether oxygens (including phenoxy) is 1. The van der Waals surface area contributed by atoms with Gasteiger partial charge in [-0.3, -0.25) is 0 Å². The molecule has 0 aliphatic heterocycles. The third-order valence-electron chi connectivity index (χ3n) is 2.94. The largest absolute Gasteiger partial charge is 0.457 e. The number of hydrogen-bond donors (Lipinski definition) is 0. The molecule has 0 saturated carbocycles. The van der Waals surface area contributed by atoms with Gasteiger partial charge in [0.05, 0.1) is 6.61 Å². The first-order valence-electron chi connectivity index (χ1n) is 6.92. The summed E-state index contributed by atoms with van der Waals surface area (Å²) in [7, 11) is 0. The first kappa shape index (κ1) is 16.0. The van der Waals surface area contributed by atoms with Gasteiger partial charge in [0.25, 0.3) is 0 Å². The van der Waals surface area contributed by atoms with E-state index in [1.54, 1.807) is 6.92 Å². The van der Waals surface area contributed by atoms with Crippen LogP contribution >= 0.6 is 11.8 Å². The maximum absolute atomic E-state index is 12.1. The van der Waals surface area contributed by atoms with E-state index in [1.807, 2.05) is 60.7 Å². The first-order chi connectivity index (χ1) is 10.8. The summed E-state index contributed by atoms with van der Waals surface area (Å²) in [4.78, 5) is 16.2. The fourth-order valence-corrected chi connectivity index (χ4v) is 3.08. The van der Waals surface area contributed by atoms with Gasteiger partial charge in [-0.1, -0.05) is 48.5 Å². The number of thioether (sulfide) groups is 1. The van der Waals surface area contributed by atoms with E-state index in [0.717, 1.165) is 10.5 Å². The van der Waals surface area contributed by atoms with Gasteiger partial charge in [0.15, 0.2) is 0 Å². The summed E-state index contributed by atoms with van der Waals surface area (Å²) in [5, 5.41) is -0.437. The number of rotatable bonds is 6. The third-order valence-corrected chi connectivity index (χ3v) is 4.22. The van der Waals surface area contributed by atoms with Crippen molar-refractivity contribution in [2.24, 2.45) is 0 Å². The summed E-state index contributed by atoms with van der Waals surface area (Å²) in [6, 6.07) is 19.1. The standard InChI is InChI=1S/C17H16N2O2S/c1-2-21-17(20)15(19-18)16(13-9-5-3-6-10-13)22-14-11-7-4-8-12-14/h3-12,16H,2H2,1H3. The van der Waals surface area contributed by atoms with Gasteiger partial charge in [-0.15, -0.1) is 11.8 Å². The van der Waals surface area contributed by atoms with E-state index < -0.39 is 11.2 Å². The molecule has 0 aliphatic carbocycles. The minimum absolute atomic E-state index is 0.0121. The van der Waals surface area contributed by atoms with Crippen LogP contribution in [-0.4, -0.2) is 23.1 Å². The number of carbonyl (C=O) groups is 1. The molecule has 0 bridgehead atoms. The molecule has 0 radical (unpaired) electrons. The highest BCUT2D eigenvalue weighted by Crippen LogP contribution is 2.36. The van der Waals surface area contributed by atoms with Crippen molar-refractivity contribution >= 4 is 23.4 Å². The van der Waals surface area contributed by atoms with Crippen LogP contribution in [0.3, 0.4) is 0 Å². The van der Waals surface area contributed by atoms with Gasteiger partial charge in [0, 0.05) is 4.90 Å². The van der Waals surface area contributed by atoms with Crippen LogP contribution in [0.5, 0.6) is 0 Å². The molecular formula is C17H16N2O2S. The highest BCUT2D eigenvalue weighted by atomic mass is 32.2. The van der Waals surface area contributed by atoms with E-state index in [1.165, 1.54) is 11.8 Å². The second-order valence-corrected chi connectivity index (χ2v) is 5.61. The lowest BCUT2D eigenvalue weighted by atomic mass is 10.1. The summed E-state index contributed by atoms with van der Waals surface area (Å²) < 4.78 is 4.99. The molecular weight excluding hydrogens is 296 g/mol. The average Bonchev–Trinajstić information content (AvgIpc) is 2.56. The lowest BCUT2D eigenvalue weighted by Gasteiger charge is -2.12. The van der Waals surface area contributed by atoms with Crippen LogP contribution in [0.2, 0.25) is 0 Å². The van der Waals surface area contributed by atoms with Crippen molar-refractivity contribution in [2.45, 2.75) is 17.1 Å². The summed E-state index contributed by atoms with van der Waals surface area (Å²) in [6.07, 6.45) is 0. The molecule has 0 fully saturated rings. The number of benzene rings is 2. The summed E-state index contributed by atoms with van der Waals surface area (Å²) in [5.74, 6) is -0.609. The zero-order valence-corrected chi connectivity index (χ0v) is 13.0. The maximum atomic E-state index is 12.1. The van der Waals surface area contributed by atoms with Crippen LogP contribution in [0.4, 0.5) is 0 Å². The quantitative estimate of drug-likeness (QED) is 0.268. The van der Waals surface area contributed by atoms with Crippen LogP contribution in [0.15, 0.2) is 65.6 Å².